The van der Waals surface area contributed by atoms with Crippen LogP contribution in [-0.2, 0) is 0 Å². The summed E-state index contributed by atoms with van der Waals surface area (Å²) in [5.74, 6) is 13.3. The van der Waals surface area contributed by atoms with Crippen LogP contribution in [0.25, 0.3) is 0 Å². The fourth-order valence-corrected chi connectivity index (χ4v) is 6.38. The molecule has 4 atom stereocenters. The first-order valence-corrected chi connectivity index (χ1v) is 15.0. The smallest absolute Gasteiger partial charge is 0.159 e. The molecule has 1 aromatic rings. The Balaban J connectivity index is 2.15. The average Bonchev–Trinajstić information content (AvgIpc) is 2.95. The van der Waals surface area contributed by atoms with Crippen LogP contribution in [-0.4, -0.2) is 4.75 Å². The minimum Gasteiger partial charge on any atom is -0.381 e. The standard InChI is InChI=1S/C38H43NS/c1-10-13-25-38(12-3,34-27-28(4)17-18-29(34)5)40-36(30(6)19-24-33(11-2)37(7,8)9)32-22-20-31(21-23-32)35-16-14-15-26-39-35/h2-3,14-17,19-24,26-27,29,35-36,39H,10,18H2,1,4-9H3/b30-19+,33-24+. The van der Waals surface area contributed by atoms with Crippen molar-refractivity contribution < 1.29 is 0 Å². The van der Waals surface area contributed by atoms with Crippen LogP contribution < -0.4 is 5.32 Å². The van der Waals surface area contributed by atoms with Crippen molar-refractivity contribution in [1.82, 2.24) is 5.32 Å². The van der Waals surface area contributed by atoms with Crippen molar-refractivity contribution in [2.24, 2.45) is 11.3 Å². The zero-order chi connectivity index (χ0) is 29.3. The van der Waals surface area contributed by atoms with Gasteiger partial charge >= 0.3 is 0 Å². The Kier molecular flexibility index (Phi) is 10.6. The Morgan fingerprint density at radius 1 is 1.15 bits per heavy atom. The number of dihydropyridines is 1. The molecule has 0 saturated carbocycles. The van der Waals surface area contributed by atoms with Crippen molar-refractivity contribution in [2.45, 2.75) is 77.3 Å². The summed E-state index contributed by atoms with van der Waals surface area (Å²) in [5, 5.41) is 3.40. The van der Waals surface area contributed by atoms with Gasteiger partial charge in [0.15, 0.2) is 4.75 Å². The molecule has 1 N–H and O–H groups in total. The van der Waals surface area contributed by atoms with E-state index in [0.29, 0.717) is 5.92 Å². The lowest BCUT2D eigenvalue weighted by molar-refractivity contribution is 0.521. The third-order valence-corrected chi connectivity index (χ3v) is 9.02. The van der Waals surface area contributed by atoms with Gasteiger partial charge in [-0.05, 0) is 60.6 Å². The van der Waals surface area contributed by atoms with Crippen molar-refractivity contribution in [3.63, 3.8) is 0 Å². The summed E-state index contributed by atoms with van der Waals surface area (Å²) in [5.41, 5.74) is 6.91. The minimum absolute atomic E-state index is 0.0134. The molecule has 206 valence electrons. The molecule has 1 heterocycles. The molecule has 2 aliphatic rings. The first kappa shape index (κ1) is 31.0. The number of nitrogens with one attached hydrogen (secondary N) is 1. The average molecular weight is 546 g/mol. The highest BCUT2D eigenvalue weighted by atomic mass is 32.2. The lowest BCUT2D eigenvalue weighted by Gasteiger charge is -2.35. The van der Waals surface area contributed by atoms with Crippen LogP contribution in [0.1, 0.15) is 83.7 Å². The van der Waals surface area contributed by atoms with Crippen LogP contribution in [0, 0.1) is 47.9 Å². The molecule has 1 aromatic carbocycles. The first-order valence-electron chi connectivity index (χ1n) is 14.1. The van der Waals surface area contributed by atoms with E-state index in [-0.39, 0.29) is 16.7 Å². The highest BCUT2D eigenvalue weighted by Gasteiger charge is 2.38. The van der Waals surface area contributed by atoms with E-state index in [1.54, 1.807) is 11.8 Å². The van der Waals surface area contributed by atoms with Gasteiger partial charge in [-0.25, -0.2) is 0 Å². The summed E-state index contributed by atoms with van der Waals surface area (Å²) in [4.78, 5) is 0. The van der Waals surface area contributed by atoms with E-state index in [9.17, 15) is 0 Å². The van der Waals surface area contributed by atoms with E-state index >= 15 is 0 Å². The van der Waals surface area contributed by atoms with Gasteiger partial charge in [0.25, 0.3) is 0 Å². The third-order valence-electron chi connectivity index (χ3n) is 7.33. The SMILES string of the molecule is C#C/C(=C\C=C(/C)C(SC(C#C)(C#CCC)C1=CC(C)=CCC1C)c1ccc(C2C=CC=CN2)cc1)C(C)(C)C. The highest BCUT2D eigenvalue weighted by molar-refractivity contribution is 8.01. The maximum atomic E-state index is 6.42. The van der Waals surface area contributed by atoms with Gasteiger partial charge in [-0.3, -0.25) is 0 Å². The van der Waals surface area contributed by atoms with Gasteiger partial charge < -0.3 is 5.32 Å². The van der Waals surface area contributed by atoms with Gasteiger partial charge in [0.05, 0.1) is 11.3 Å². The molecule has 0 radical (unpaired) electrons. The highest BCUT2D eigenvalue weighted by Crippen LogP contribution is 2.49. The fourth-order valence-electron chi connectivity index (χ4n) is 4.87. The number of allylic oxidation sites excluding steroid dienone is 8. The zero-order valence-corrected chi connectivity index (χ0v) is 26.0. The van der Waals surface area contributed by atoms with Crippen molar-refractivity contribution in [3.05, 3.63) is 106 Å². The van der Waals surface area contributed by atoms with Gasteiger partial charge in [0.2, 0.25) is 0 Å². The molecule has 3 rings (SSSR count). The Labute approximate surface area is 248 Å². The maximum absolute atomic E-state index is 6.42. The van der Waals surface area contributed by atoms with Crippen molar-refractivity contribution >= 4 is 11.8 Å². The molecule has 1 aliphatic heterocycles. The lowest BCUT2D eigenvalue weighted by Crippen LogP contribution is -2.30. The van der Waals surface area contributed by atoms with E-state index < -0.39 is 4.75 Å². The molecular weight excluding hydrogens is 502 g/mol. The second kappa shape index (κ2) is 13.7. The molecule has 0 saturated heterocycles. The van der Waals surface area contributed by atoms with E-state index in [2.05, 4.69) is 138 Å². The summed E-state index contributed by atoms with van der Waals surface area (Å²) in [6.45, 7) is 15.1. The molecule has 40 heavy (non-hydrogen) atoms. The first-order chi connectivity index (χ1) is 19.0. The molecule has 2 heteroatoms. The van der Waals surface area contributed by atoms with Crippen LogP contribution >= 0.6 is 11.8 Å². The lowest BCUT2D eigenvalue weighted by atomic mass is 9.82. The van der Waals surface area contributed by atoms with Crippen LogP contribution in [0.2, 0.25) is 0 Å². The molecule has 0 aromatic heterocycles. The minimum atomic E-state index is -0.746. The number of hydrogen-bond donors (Lipinski definition) is 1. The summed E-state index contributed by atoms with van der Waals surface area (Å²) in [6.07, 6.45) is 31.1. The molecule has 4 unspecified atom stereocenters. The van der Waals surface area contributed by atoms with E-state index in [4.69, 9.17) is 12.8 Å². The Morgan fingerprint density at radius 2 is 1.88 bits per heavy atom. The van der Waals surface area contributed by atoms with Crippen LogP contribution in [0.15, 0.2) is 95.3 Å². The van der Waals surface area contributed by atoms with Crippen LogP contribution in [0.3, 0.4) is 0 Å². The second-order valence-electron chi connectivity index (χ2n) is 11.6. The number of rotatable bonds is 7. The van der Waals surface area contributed by atoms with Crippen molar-refractivity contribution in [1.29, 1.82) is 0 Å². The number of thioether (sulfide) groups is 1. The predicted molar refractivity (Wildman–Crippen MR) is 176 cm³/mol. The molecule has 0 bridgehead atoms. The molecule has 0 spiro atoms. The normalized spacial score (nSPS) is 21.4. The van der Waals surface area contributed by atoms with Crippen molar-refractivity contribution in [2.75, 3.05) is 0 Å². The number of terminal acetylenes is 2. The Hall–Kier alpha value is -3.51. The molecule has 1 nitrogen and oxygen atoms in total. The summed E-state index contributed by atoms with van der Waals surface area (Å²) >= 11 is 1.76. The maximum Gasteiger partial charge on any atom is 0.159 e. The molecule has 0 amide bonds. The quantitative estimate of drug-likeness (QED) is 0.270. The largest absolute Gasteiger partial charge is 0.381 e. The number of hydrogen-bond acceptors (Lipinski definition) is 2. The van der Waals surface area contributed by atoms with Gasteiger partial charge in [0.1, 0.15) is 0 Å². The Bertz CT molecular complexity index is 1390. The number of benzene rings is 1. The summed E-state index contributed by atoms with van der Waals surface area (Å²) in [6, 6.07) is 9.04. The van der Waals surface area contributed by atoms with Crippen LogP contribution in [0.4, 0.5) is 0 Å². The topological polar surface area (TPSA) is 12.0 Å². The predicted octanol–water partition coefficient (Wildman–Crippen LogP) is 9.43. The Morgan fingerprint density at radius 3 is 2.45 bits per heavy atom. The second-order valence-corrected chi connectivity index (χ2v) is 12.9. The van der Waals surface area contributed by atoms with Crippen LogP contribution in [0.5, 0.6) is 0 Å². The van der Waals surface area contributed by atoms with Gasteiger partial charge in [-0.2, -0.15) is 0 Å². The zero-order valence-electron chi connectivity index (χ0n) is 25.1. The van der Waals surface area contributed by atoms with Gasteiger partial charge in [-0.15, -0.1) is 30.5 Å². The monoisotopic (exact) mass is 545 g/mol. The van der Waals surface area contributed by atoms with Crippen molar-refractivity contribution in [3.8, 4) is 36.5 Å². The molecular formula is C38H43NS. The van der Waals surface area contributed by atoms with Gasteiger partial charge in [-0.1, -0.05) is 124 Å². The van der Waals surface area contributed by atoms with Gasteiger partial charge in [0, 0.05) is 12.0 Å². The van der Waals surface area contributed by atoms with E-state index in [1.807, 2.05) is 12.3 Å². The van der Waals surface area contributed by atoms with E-state index in [1.165, 1.54) is 27.8 Å². The third kappa shape index (κ3) is 7.57. The summed E-state index contributed by atoms with van der Waals surface area (Å²) in [7, 11) is 0. The fraction of sp³-hybridized carbons (Fsp3) is 0.368. The van der Waals surface area contributed by atoms with E-state index in [0.717, 1.165) is 18.4 Å². The molecule has 0 fully saturated rings. The summed E-state index contributed by atoms with van der Waals surface area (Å²) < 4.78 is -0.746. The molecule has 1 aliphatic carbocycles.